The molecule has 0 amide bonds. The van der Waals surface area contributed by atoms with E-state index in [9.17, 15) is 4.79 Å². The summed E-state index contributed by atoms with van der Waals surface area (Å²) in [5.41, 5.74) is 2.07. The van der Waals surface area contributed by atoms with Gasteiger partial charge in [0.25, 0.3) is 0 Å². The summed E-state index contributed by atoms with van der Waals surface area (Å²) in [5, 5.41) is 4.08. The maximum atomic E-state index is 11.1. The van der Waals surface area contributed by atoms with Gasteiger partial charge in [-0.25, -0.2) is 0 Å². The smallest absolute Gasteiger partial charge is 0.157 e. The molecule has 1 aromatic carbocycles. The first-order valence-electron chi connectivity index (χ1n) is 5.41. The Labute approximate surface area is 100 Å². The third kappa shape index (κ3) is 2.45. The van der Waals surface area contributed by atoms with Crippen molar-refractivity contribution in [2.24, 2.45) is 0 Å². The van der Waals surface area contributed by atoms with Crippen LogP contribution in [0, 0.1) is 0 Å². The molecule has 1 unspecified atom stereocenters. The molecule has 3 heteroatoms. The second-order valence-corrected chi connectivity index (χ2v) is 4.43. The summed E-state index contributed by atoms with van der Waals surface area (Å²) in [6.45, 7) is 2.05. The van der Waals surface area contributed by atoms with Gasteiger partial charge in [-0.3, -0.25) is 4.79 Å². The van der Waals surface area contributed by atoms with Gasteiger partial charge in [-0.05, 0) is 25.0 Å². The lowest BCUT2D eigenvalue weighted by Gasteiger charge is -2.17. The largest absolute Gasteiger partial charge is 0.382 e. The summed E-state index contributed by atoms with van der Waals surface area (Å²) >= 11 is 6.11. The first-order valence-corrected chi connectivity index (χ1v) is 5.79. The number of halogens is 1. The van der Waals surface area contributed by atoms with Crippen molar-refractivity contribution in [3.8, 4) is 0 Å². The van der Waals surface area contributed by atoms with E-state index in [0.29, 0.717) is 6.42 Å². The predicted octanol–water partition coefficient (Wildman–Crippen LogP) is 3.24. The van der Waals surface area contributed by atoms with Crippen LogP contribution < -0.4 is 5.32 Å². The molecule has 2 rings (SSSR count). The molecular weight excluding hydrogens is 222 g/mol. The third-order valence-electron chi connectivity index (χ3n) is 2.75. The lowest BCUT2D eigenvalue weighted by Crippen LogP contribution is -2.17. The first kappa shape index (κ1) is 11.2. The highest BCUT2D eigenvalue weighted by molar-refractivity contribution is 6.31. The Morgan fingerprint density at radius 2 is 2.06 bits per heavy atom. The number of nitrogens with one attached hydrogen (secondary N) is 1. The van der Waals surface area contributed by atoms with Crippen LogP contribution in [0.15, 0.2) is 36.0 Å². The minimum absolute atomic E-state index is 0.130. The summed E-state index contributed by atoms with van der Waals surface area (Å²) < 4.78 is 0. The Balaban J connectivity index is 2.09. The van der Waals surface area contributed by atoms with Crippen molar-refractivity contribution in [1.29, 1.82) is 0 Å². The van der Waals surface area contributed by atoms with Crippen LogP contribution in [-0.2, 0) is 4.79 Å². The molecule has 0 saturated carbocycles. The van der Waals surface area contributed by atoms with Crippen LogP contribution in [0.25, 0.3) is 0 Å². The number of benzene rings is 1. The average Bonchev–Trinajstić information content (AvgIpc) is 2.64. The average molecular weight is 236 g/mol. The zero-order valence-corrected chi connectivity index (χ0v) is 9.92. The van der Waals surface area contributed by atoms with Crippen LogP contribution in [0.1, 0.15) is 31.4 Å². The van der Waals surface area contributed by atoms with E-state index in [-0.39, 0.29) is 11.8 Å². The predicted molar refractivity (Wildman–Crippen MR) is 65.3 cm³/mol. The van der Waals surface area contributed by atoms with Crippen molar-refractivity contribution < 1.29 is 4.79 Å². The van der Waals surface area contributed by atoms with E-state index in [1.807, 2.05) is 31.2 Å². The quantitative estimate of drug-likeness (QED) is 0.872. The Morgan fingerprint density at radius 1 is 1.31 bits per heavy atom. The Kier molecular flexibility index (Phi) is 3.30. The number of hydrogen-bond acceptors (Lipinski definition) is 2. The highest BCUT2D eigenvalue weighted by Gasteiger charge is 2.15. The second-order valence-electron chi connectivity index (χ2n) is 4.02. The molecule has 16 heavy (non-hydrogen) atoms. The summed E-state index contributed by atoms with van der Waals surface area (Å²) in [4.78, 5) is 11.1. The Morgan fingerprint density at radius 3 is 2.69 bits per heavy atom. The maximum absolute atomic E-state index is 11.1. The van der Waals surface area contributed by atoms with Gasteiger partial charge < -0.3 is 5.32 Å². The van der Waals surface area contributed by atoms with Crippen molar-refractivity contribution in [2.75, 3.05) is 0 Å². The van der Waals surface area contributed by atoms with Gasteiger partial charge in [0.05, 0.1) is 0 Å². The van der Waals surface area contributed by atoms with E-state index >= 15 is 0 Å². The van der Waals surface area contributed by atoms with E-state index in [0.717, 1.165) is 22.7 Å². The highest BCUT2D eigenvalue weighted by Crippen LogP contribution is 2.24. The topological polar surface area (TPSA) is 29.1 Å². The molecule has 0 saturated heterocycles. The van der Waals surface area contributed by atoms with Gasteiger partial charge in [-0.15, -0.1) is 0 Å². The number of carbonyl (C=O) groups is 1. The third-order valence-corrected chi connectivity index (χ3v) is 3.09. The van der Waals surface area contributed by atoms with E-state index in [1.54, 1.807) is 6.08 Å². The molecule has 1 aliphatic rings. The summed E-state index contributed by atoms with van der Waals surface area (Å²) in [6.07, 6.45) is 3.12. The number of hydrogen-bond donors (Lipinski definition) is 1. The first-order chi connectivity index (χ1) is 7.66. The van der Waals surface area contributed by atoms with Crippen molar-refractivity contribution in [1.82, 2.24) is 5.32 Å². The van der Waals surface area contributed by atoms with Gasteiger partial charge in [0.2, 0.25) is 0 Å². The summed E-state index contributed by atoms with van der Waals surface area (Å²) in [7, 11) is 0. The minimum atomic E-state index is 0.130. The number of ketones is 1. The van der Waals surface area contributed by atoms with E-state index in [2.05, 4.69) is 5.32 Å². The van der Waals surface area contributed by atoms with Gasteiger partial charge in [0, 0.05) is 29.3 Å². The molecule has 1 N–H and O–H groups in total. The molecule has 1 aliphatic carbocycles. The van der Waals surface area contributed by atoms with Gasteiger partial charge >= 0.3 is 0 Å². The van der Waals surface area contributed by atoms with Crippen LogP contribution in [0.3, 0.4) is 0 Å². The molecule has 1 atom stereocenters. The lowest BCUT2D eigenvalue weighted by molar-refractivity contribution is -0.114. The molecule has 0 heterocycles. The fourth-order valence-corrected chi connectivity index (χ4v) is 2.19. The second kappa shape index (κ2) is 4.71. The Bertz CT molecular complexity index is 439. The van der Waals surface area contributed by atoms with Crippen LogP contribution in [0.4, 0.5) is 0 Å². The number of rotatable bonds is 3. The molecule has 1 aromatic rings. The molecule has 0 aromatic heterocycles. The zero-order chi connectivity index (χ0) is 11.5. The van der Waals surface area contributed by atoms with Crippen molar-refractivity contribution in [3.63, 3.8) is 0 Å². The van der Waals surface area contributed by atoms with Crippen LogP contribution in [-0.4, -0.2) is 5.78 Å². The normalized spacial score (nSPS) is 17.1. The standard InChI is InChI=1S/C13H14ClNO/c1-9(12-4-2-3-5-13(12)14)15-10-6-7-11(16)8-10/h2-5,8-9,15H,6-7H2,1H3. The lowest BCUT2D eigenvalue weighted by atomic mass is 10.1. The minimum Gasteiger partial charge on any atom is -0.382 e. The van der Waals surface area contributed by atoms with Crippen molar-refractivity contribution in [3.05, 3.63) is 46.6 Å². The van der Waals surface area contributed by atoms with Crippen LogP contribution >= 0.6 is 11.6 Å². The van der Waals surface area contributed by atoms with Gasteiger partial charge in [0.15, 0.2) is 5.78 Å². The molecule has 0 bridgehead atoms. The van der Waals surface area contributed by atoms with Crippen molar-refractivity contribution in [2.45, 2.75) is 25.8 Å². The van der Waals surface area contributed by atoms with Crippen LogP contribution in [0.5, 0.6) is 0 Å². The Hall–Kier alpha value is -1.28. The highest BCUT2D eigenvalue weighted by atomic mass is 35.5. The molecular formula is C13H14ClNO. The van der Waals surface area contributed by atoms with Gasteiger partial charge in [-0.2, -0.15) is 0 Å². The fraction of sp³-hybridized carbons (Fsp3) is 0.308. The van der Waals surface area contributed by atoms with Crippen molar-refractivity contribution >= 4 is 17.4 Å². The van der Waals surface area contributed by atoms with E-state index < -0.39 is 0 Å². The van der Waals surface area contributed by atoms with Gasteiger partial charge in [-0.1, -0.05) is 29.8 Å². The van der Waals surface area contributed by atoms with Gasteiger partial charge in [0.1, 0.15) is 0 Å². The van der Waals surface area contributed by atoms with Crippen LogP contribution in [0.2, 0.25) is 5.02 Å². The molecule has 0 radical (unpaired) electrons. The number of allylic oxidation sites excluding steroid dienone is 2. The molecule has 84 valence electrons. The monoisotopic (exact) mass is 235 g/mol. The molecule has 0 spiro atoms. The maximum Gasteiger partial charge on any atom is 0.157 e. The fourth-order valence-electron chi connectivity index (χ4n) is 1.89. The molecule has 0 aliphatic heterocycles. The zero-order valence-electron chi connectivity index (χ0n) is 9.16. The summed E-state index contributed by atoms with van der Waals surface area (Å²) in [6, 6.07) is 7.89. The number of carbonyl (C=O) groups excluding carboxylic acids is 1. The molecule has 2 nitrogen and oxygen atoms in total. The summed E-state index contributed by atoms with van der Waals surface area (Å²) in [5.74, 6) is 0.203. The SMILES string of the molecule is CC(NC1=CC(=O)CC1)c1ccccc1Cl. The molecule has 0 fully saturated rings. The van der Waals surface area contributed by atoms with E-state index in [1.165, 1.54) is 0 Å². The van der Waals surface area contributed by atoms with E-state index in [4.69, 9.17) is 11.6 Å².